The minimum absolute atomic E-state index is 0.381. The van der Waals surface area contributed by atoms with E-state index in [1.165, 1.54) is 17.1 Å². The van der Waals surface area contributed by atoms with Crippen LogP contribution in [-0.2, 0) is 4.79 Å². The van der Waals surface area contributed by atoms with Gasteiger partial charge in [-0.1, -0.05) is 5.57 Å². The molecule has 0 radical (unpaired) electrons. The van der Waals surface area contributed by atoms with E-state index in [-0.39, 0.29) is 5.91 Å². The Labute approximate surface area is 120 Å². The summed E-state index contributed by atoms with van der Waals surface area (Å²) >= 11 is 0. The van der Waals surface area contributed by atoms with Gasteiger partial charge < -0.3 is 0 Å². The lowest BCUT2D eigenvalue weighted by Crippen LogP contribution is -2.40. The summed E-state index contributed by atoms with van der Waals surface area (Å²) in [4.78, 5) is 23.2. The molecule has 0 atom stereocenters. The molecule has 0 spiro atoms. The highest BCUT2D eigenvalue weighted by Crippen LogP contribution is 2.07. The van der Waals surface area contributed by atoms with E-state index in [1.807, 2.05) is 0 Å². The number of carbonyl (C=O) groups is 2. The first-order chi connectivity index (χ1) is 10.1. The molecule has 2 aromatic rings. The van der Waals surface area contributed by atoms with Gasteiger partial charge in [0.2, 0.25) is 0 Å². The number of rotatable bonds is 3. The van der Waals surface area contributed by atoms with Crippen molar-refractivity contribution in [3.63, 3.8) is 0 Å². The van der Waals surface area contributed by atoms with Gasteiger partial charge in [0, 0.05) is 11.6 Å². The van der Waals surface area contributed by atoms with E-state index in [0.29, 0.717) is 5.56 Å². The zero-order valence-corrected chi connectivity index (χ0v) is 11.6. The summed E-state index contributed by atoms with van der Waals surface area (Å²) in [6, 6.07) is 6.62. The highest BCUT2D eigenvalue weighted by molar-refractivity contribution is 5.97. The number of amides is 2. The van der Waals surface area contributed by atoms with Crippen molar-refractivity contribution in [1.82, 2.24) is 31.1 Å². The minimum atomic E-state index is -0.409. The summed E-state index contributed by atoms with van der Waals surface area (Å²) in [7, 11) is 0. The summed E-state index contributed by atoms with van der Waals surface area (Å²) in [5.74, 6) is -0.789. The monoisotopic (exact) mass is 286 g/mol. The molecule has 1 aromatic heterocycles. The van der Waals surface area contributed by atoms with Crippen LogP contribution in [-0.4, -0.2) is 32.0 Å². The van der Waals surface area contributed by atoms with Crippen LogP contribution in [0.25, 0.3) is 5.69 Å². The summed E-state index contributed by atoms with van der Waals surface area (Å²) in [6.45, 7) is 3.58. The Morgan fingerprint density at radius 3 is 2.43 bits per heavy atom. The van der Waals surface area contributed by atoms with Crippen molar-refractivity contribution in [2.45, 2.75) is 13.8 Å². The Morgan fingerprint density at radius 2 is 1.86 bits per heavy atom. The third-order valence-corrected chi connectivity index (χ3v) is 2.46. The van der Waals surface area contributed by atoms with Crippen LogP contribution in [0.5, 0.6) is 0 Å². The summed E-state index contributed by atoms with van der Waals surface area (Å²) in [5.41, 5.74) is 6.60. The molecule has 8 nitrogen and oxygen atoms in total. The second-order valence-corrected chi connectivity index (χ2v) is 4.47. The van der Waals surface area contributed by atoms with Gasteiger partial charge in [0.25, 0.3) is 11.8 Å². The van der Waals surface area contributed by atoms with Crippen LogP contribution in [0.15, 0.2) is 42.2 Å². The SMILES string of the molecule is CC(C)=CC(=O)NNC(=O)c1ccc(-n2cnnn2)cc1. The number of carbonyl (C=O) groups excluding carboxylic acids is 2. The predicted octanol–water partition coefficient (Wildman–Crippen LogP) is 0.389. The molecule has 2 N–H and O–H groups in total. The topological polar surface area (TPSA) is 102 Å². The van der Waals surface area contributed by atoms with Crippen LogP contribution in [0.2, 0.25) is 0 Å². The molecule has 0 saturated carbocycles. The van der Waals surface area contributed by atoms with Gasteiger partial charge >= 0.3 is 0 Å². The van der Waals surface area contributed by atoms with Gasteiger partial charge in [0.1, 0.15) is 6.33 Å². The fraction of sp³-hybridized carbons (Fsp3) is 0.154. The molecule has 8 heteroatoms. The maximum absolute atomic E-state index is 11.8. The van der Waals surface area contributed by atoms with Crippen LogP contribution in [0, 0.1) is 0 Å². The molecule has 1 aromatic carbocycles. The van der Waals surface area contributed by atoms with Gasteiger partial charge in [-0.15, -0.1) is 5.10 Å². The molecule has 1 heterocycles. The van der Waals surface area contributed by atoms with Gasteiger partial charge in [-0.3, -0.25) is 20.4 Å². The quantitative estimate of drug-likeness (QED) is 0.627. The second-order valence-electron chi connectivity index (χ2n) is 4.47. The van der Waals surface area contributed by atoms with E-state index in [0.717, 1.165) is 11.3 Å². The third kappa shape index (κ3) is 3.96. The molecule has 0 saturated heterocycles. The average Bonchev–Trinajstić information content (AvgIpc) is 2.98. The molecule has 0 aliphatic carbocycles. The van der Waals surface area contributed by atoms with Gasteiger partial charge in [0.05, 0.1) is 5.69 Å². The van der Waals surface area contributed by atoms with Crippen molar-refractivity contribution in [3.8, 4) is 5.69 Å². The van der Waals surface area contributed by atoms with E-state index < -0.39 is 5.91 Å². The highest BCUT2D eigenvalue weighted by atomic mass is 16.2. The first-order valence-corrected chi connectivity index (χ1v) is 6.15. The zero-order chi connectivity index (χ0) is 15.2. The van der Waals surface area contributed by atoms with Crippen molar-refractivity contribution in [2.24, 2.45) is 0 Å². The molecule has 21 heavy (non-hydrogen) atoms. The van der Waals surface area contributed by atoms with E-state index in [4.69, 9.17) is 0 Å². The van der Waals surface area contributed by atoms with Crippen molar-refractivity contribution in [1.29, 1.82) is 0 Å². The molecular weight excluding hydrogens is 272 g/mol. The maximum Gasteiger partial charge on any atom is 0.269 e. The van der Waals surface area contributed by atoms with Crippen LogP contribution in [0.3, 0.4) is 0 Å². The van der Waals surface area contributed by atoms with Crippen molar-refractivity contribution in [2.75, 3.05) is 0 Å². The first-order valence-electron chi connectivity index (χ1n) is 6.15. The van der Waals surface area contributed by atoms with Crippen molar-refractivity contribution in [3.05, 3.63) is 47.8 Å². The summed E-state index contributed by atoms with van der Waals surface area (Å²) < 4.78 is 1.47. The minimum Gasteiger partial charge on any atom is -0.268 e. The number of nitrogens with zero attached hydrogens (tertiary/aromatic N) is 4. The standard InChI is InChI=1S/C13H14N6O2/c1-9(2)7-12(20)15-16-13(21)10-3-5-11(6-4-10)19-8-14-17-18-19/h3-8H,1-2H3,(H,15,20)(H,16,21). The first kappa shape index (κ1) is 14.4. The van der Waals surface area contributed by atoms with E-state index in [2.05, 4.69) is 26.4 Å². The lowest BCUT2D eigenvalue weighted by atomic mass is 10.2. The van der Waals surface area contributed by atoms with Crippen LogP contribution < -0.4 is 10.9 Å². The molecular formula is C13H14N6O2. The van der Waals surface area contributed by atoms with Gasteiger partial charge in [-0.2, -0.15) is 0 Å². The number of aromatic nitrogens is 4. The van der Waals surface area contributed by atoms with Crippen molar-refractivity contribution >= 4 is 11.8 Å². The Bertz CT molecular complexity index is 656. The Kier molecular flexibility index (Phi) is 4.39. The smallest absolute Gasteiger partial charge is 0.268 e. The summed E-state index contributed by atoms with van der Waals surface area (Å²) in [6.07, 6.45) is 2.84. The van der Waals surface area contributed by atoms with Gasteiger partial charge in [-0.25, -0.2) is 4.68 Å². The maximum atomic E-state index is 11.8. The number of nitrogens with one attached hydrogen (secondary N) is 2. The molecule has 0 bridgehead atoms. The normalized spacial score (nSPS) is 9.81. The number of allylic oxidation sites excluding steroid dienone is 1. The van der Waals surface area contributed by atoms with E-state index >= 15 is 0 Å². The number of benzene rings is 1. The molecule has 0 aliphatic heterocycles. The highest BCUT2D eigenvalue weighted by Gasteiger charge is 2.07. The fourth-order valence-electron chi connectivity index (χ4n) is 1.53. The average molecular weight is 286 g/mol. The number of hydrogen-bond acceptors (Lipinski definition) is 5. The molecule has 108 valence electrons. The molecule has 0 aliphatic rings. The third-order valence-electron chi connectivity index (χ3n) is 2.46. The van der Waals surface area contributed by atoms with E-state index in [1.54, 1.807) is 38.1 Å². The lowest BCUT2D eigenvalue weighted by Gasteiger charge is -2.06. The summed E-state index contributed by atoms with van der Waals surface area (Å²) in [5, 5.41) is 10.8. The van der Waals surface area contributed by atoms with Crippen LogP contribution >= 0.6 is 0 Å². The predicted molar refractivity (Wildman–Crippen MR) is 74.2 cm³/mol. The molecule has 2 amide bonds. The second kappa shape index (κ2) is 6.42. The number of hydrogen-bond donors (Lipinski definition) is 2. The van der Waals surface area contributed by atoms with Gasteiger partial charge in [-0.05, 0) is 48.5 Å². The molecule has 2 rings (SSSR count). The Balaban J connectivity index is 1.97. The van der Waals surface area contributed by atoms with Crippen LogP contribution in [0.1, 0.15) is 24.2 Å². The van der Waals surface area contributed by atoms with Crippen molar-refractivity contribution < 1.29 is 9.59 Å². The van der Waals surface area contributed by atoms with Gasteiger partial charge in [0.15, 0.2) is 0 Å². The number of tetrazole rings is 1. The van der Waals surface area contributed by atoms with E-state index in [9.17, 15) is 9.59 Å². The largest absolute Gasteiger partial charge is 0.269 e. The van der Waals surface area contributed by atoms with Crippen LogP contribution in [0.4, 0.5) is 0 Å². The Morgan fingerprint density at radius 1 is 1.14 bits per heavy atom. The Hall–Kier alpha value is -3.03. The molecule has 0 fully saturated rings. The lowest BCUT2D eigenvalue weighted by molar-refractivity contribution is -0.117. The fourth-order valence-corrected chi connectivity index (χ4v) is 1.53. The number of hydrazine groups is 1. The zero-order valence-electron chi connectivity index (χ0n) is 11.6. The molecule has 0 unspecified atom stereocenters.